The second-order valence-corrected chi connectivity index (χ2v) is 4.25. The van der Waals surface area contributed by atoms with Gasteiger partial charge in [-0.15, -0.1) is 0 Å². The molecule has 1 unspecified atom stereocenters. The summed E-state index contributed by atoms with van der Waals surface area (Å²) in [6.07, 6.45) is -3.67. The van der Waals surface area contributed by atoms with E-state index < -0.39 is 48.6 Å². The molecular formula is C11H17F2NO5. The van der Waals surface area contributed by atoms with Crippen molar-refractivity contribution in [3.63, 3.8) is 0 Å². The van der Waals surface area contributed by atoms with Gasteiger partial charge in [-0.3, -0.25) is 9.59 Å². The van der Waals surface area contributed by atoms with E-state index in [-0.39, 0.29) is 0 Å². The minimum atomic E-state index is -3.19. The van der Waals surface area contributed by atoms with E-state index in [0.717, 1.165) is 0 Å². The van der Waals surface area contributed by atoms with Crippen LogP contribution in [0.1, 0.15) is 26.7 Å². The Bertz CT molecular complexity index is 348. The Morgan fingerprint density at radius 1 is 1.16 bits per heavy atom. The van der Waals surface area contributed by atoms with E-state index in [9.17, 15) is 23.2 Å². The maximum absolute atomic E-state index is 12.4. The van der Waals surface area contributed by atoms with Gasteiger partial charge < -0.3 is 15.5 Å². The molecule has 0 fully saturated rings. The zero-order chi connectivity index (χ0) is 15.2. The van der Waals surface area contributed by atoms with Gasteiger partial charge in [0.25, 0.3) is 6.43 Å². The summed E-state index contributed by atoms with van der Waals surface area (Å²) >= 11 is 0. The fraction of sp³-hybridized carbons (Fsp3) is 0.727. The zero-order valence-corrected chi connectivity index (χ0v) is 10.6. The summed E-state index contributed by atoms with van der Waals surface area (Å²) in [6, 6.07) is -1.22. The van der Waals surface area contributed by atoms with Gasteiger partial charge in [0.1, 0.15) is 12.0 Å². The molecule has 1 amide bonds. The largest absolute Gasteiger partial charge is 0.481 e. The van der Waals surface area contributed by atoms with Crippen molar-refractivity contribution in [2.45, 2.75) is 39.2 Å². The highest BCUT2D eigenvalue weighted by molar-refractivity contribution is 5.86. The van der Waals surface area contributed by atoms with Crippen LogP contribution < -0.4 is 5.32 Å². The molecule has 0 aliphatic heterocycles. The Kier molecular flexibility index (Phi) is 6.95. The summed E-state index contributed by atoms with van der Waals surface area (Å²) in [6.45, 7) is 3.30. The summed E-state index contributed by atoms with van der Waals surface area (Å²) in [5.74, 6) is -6.62. The molecule has 0 aliphatic carbocycles. The summed E-state index contributed by atoms with van der Waals surface area (Å²) in [5.41, 5.74) is 0. The molecule has 19 heavy (non-hydrogen) atoms. The first-order valence-corrected chi connectivity index (χ1v) is 5.73. The lowest BCUT2D eigenvalue weighted by Crippen LogP contribution is -2.46. The number of carboxylic acids is 2. The van der Waals surface area contributed by atoms with Crippen molar-refractivity contribution in [2.24, 2.45) is 11.8 Å². The molecule has 3 N–H and O–H groups in total. The van der Waals surface area contributed by atoms with Crippen LogP contribution in [0.25, 0.3) is 0 Å². The van der Waals surface area contributed by atoms with E-state index in [1.165, 1.54) is 0 Å². The number of hydrogen-bond acceptors (Lipinski definition) is 3. The maximum atomic E-state index is 12.4. The predicted molar refractivity (Wildman–Crippen MR) is 60.8 cm³/mol. The molecule has 110 valence electrons. The molecule has 0 bridgehead atoms. The average molecular weight is 281 g/mol. The lowest BCUT2D eigenvalue weighted by atomic mass is 9.98. The number of aliphatic carboxylic acids is 2. The number of alkyl halides is 2. The minimum Gasteiger partial charge on any atom is -0.481 e. The van der Waals surface area contributed by atoms with E-state index in [2.05, 4.69) is 5.32 Å². The fourth-order valence-corrected chi connectivity index (χ4v) is 1.40. The van der Waals surface area contributed by atoms with Crippen LogP contribution in [0.15, 0.2) is 0 Å². The highest BCUT2D eigenvalue weighted by atomic mass is 19.3. The van der Waals surface area contributed by atoms with Crippen molar-refractivity contribution in [1.29, 1.82) is 0 Å². The molecular weight excluding hydrogens is 264 g/mol. The molecule has 0 saturated carbocycles. The molecule has 0 spiro atoms. The van der Waals surface area contributed by atoms with Crippen molar-refractivity contribution < 1.29 is 33.4 Å². The SMILES string of the molecule is CC[C@H](C)[C@H](NC(=O)CC(C(=O)O)C(F)F)C(=O)O. The number of rotatable bonds is 8. The van der Waals surface area contributed by atoms with E-state index in [1.807, 2.05) is 0 Å². The van der Waals surface area contributed by atoms with Gasteiger partial charge in [0.15, 0.2) is 0 Å². The first-order valence-electron chi connectivity index (χ1n) is 5.73. The molecule has 8 heteroatoms. The van der Waals surface area contributed by atoms with Gasteiger partial charge in [0.2, 0.25) is 5.91 Å². The van der Waals surface area contributed by atoms with Crippen LogP contribution in [0.2, 0.25) is 0 Å². The van der Waals surface area contributed by atoms with Crippen molar-refractivity contribution in [3.05, 3.63) is 0 Å². The molecule has 6 nitrogen and oxygen atoms in total. The van der Waals surface area contributed by atoms with Gasteiger partial charge in [-0.1, -0.05) is 20.3 Å². The highest BCUT2D eigenvalue weighted by Crippen LogP contribution is 2.15. The Morgan fingerprint density at radius 2 is 1.68 bits per heavy atom. The standard InChI is InChI=1S/C11H17F2NO5/c1-3-5(2)8(11(18)19)14-7(15)4-6(9(12)13)10(16)17/h5-6,8-9H,3-4H2,1-2H3,(H,14,15)(H,16,17)(H,18,19)/t5-,6?,8-/m0/s1. The number of carboxylic acid groups (broad SMARTS) is 2. The molecule has 0 radical (unpaired) electrons. The Labute approximate surface area is 108 Å². The van der Waals surface area contributed by atoms with Crippen molar-refractivity contribution >= 4 is 17.8 Å². The first kappa shape index (κ1) is 17.3. The van der Waals surface area contributed by atoms with Crippen LogP contribution in [-0.4, -0.2) is 40.5 Å². The molecule has 0 heterocycles. The lowest BCUT2D eigenvalue weighted by molar-refractivity contribution is -0.150. The third-order valence-corrected chi connectivity index (χ3v) is 2.82. The molecule has 0 aromatic heterocycles. The molecule has 0 aromatic carbocycles. The minimum absolute atomic E-state index is 0.392. The fourth-order valence-electron chi connectivity index (χ4n) is 1.40. The number of carbonyl (C=O) groups excluding carboxylic acids is 1. The summed E-state index contributed by atoms with van der Waals surface area (Å²) in [5, 5.41) is 19.5. The Balaban J connectivity index is 4.65. The lowest BCUT2D eigenvalue weighted by Gasteiger charge is -2.21. The Hall–Kier alpha value is -1.73. The van der Waals surface area contributed by atoms with Crippen molar-refractivity contribution in [3.8, 4) is 0 Å². The number of halogens is 2. The molecule has 0 saturated heterocycles. The maximum Gasteiger partial charge on any atom is 0.326 e. The topological polar surface area (TPSA) is 104 Å². The van der Waals surface area contributed by atoms with Crippen LogP contribution >= 0.6 is 0 Å². The quantitative estimate of drug-likeness (QED) is 0.614. The highest BCUT2D eigenvalue weighted by Gasteiger charge is 2.32. The van der Waals surface area contributed by atoms with Crippen LogP contribution in [0.5, 0.6) is 0 Å². The van der Waals surface area contributed by atoms with Gasteiger partial charge in [0, 0.05) is 6.42 Å². The van der Waals surface area contributed by atoms with E-state index in [4.69, 9.17) is 10.2 Å². The molecule has 3 atom stereocenters. The zero-order valence-electron chi connectivity index (χ0n) is 10.6. The smallest absolute Gasteiger partial charge is 0.326 e. The average Bonchev–Trinajstić information content (AvgIpc) is 2.30. The van der Waals surface area contributed by atoms with Gasteiger partial charge >= 0.3 is 11.9 Å². The Morgan fingerprint density at radius 3 is 2.00 bits per heavy atom. The molecule has 0 aromatic rings. The third-order valence-electron chi connectivity index (χ3n) is 2.82. The van der Waals surface area contributed by atoms with Crippen molar-refractivity contribution in [1.82, 2.24) is 5.32 Å². The molecule has 0 aliphatic rings. The molecule has 0 rings (SSSR count). The predicted octanol–water partition coefficient (Wildman–Crippen LogP) is 0.958. The normalized spacial score (nSPS) is 15.6. The summed E-state index contributed by atoms with van der Waals surface area (Å²) in [4.78, 5) is 32.8. The summed E-state index contributed by atoms with van der Waals surface area (Å²) < 4.78 is 24.7. The summed E-state index contributed by atoms with van der Waals surface area (Å²) in [7, 11) is 0. The van der Waals surface area contributed by atoms with Crippen molar-refractivity contribution in [2.75, 3.05) is 0 Å². The number of hydrogen-bond donors (Lipinski definition) is 3. The first-order chi connectivity index (χ1) is 8.70. The third kappa shape index (κ3) is 5.62. The van der Waals surface area contributed by atoms with Gasteiger partial charge in [-0.05, 0) is 5.92 Å². The van der Waals surface area contributed by atoms with E-state index >= 15 is 0 Å². The van der Waals surface area contributed by atoms with Crippen LogP contribution in [-0.2, 0) is 14.4 Å². The number of amides is 1. The van der Waals surface area contributed by atoms with Gasteiger partial charge in [-0.25, -0.2) is 13.6 Å². The van der Waals surface area contributed by atoms with E-state index in [0.29, 0.717) is 6.42 Å². The second-order valence-electron chi connectivity index (χ2n) is 4.25. The monoisotopic (exact) mass is 281 g/mol. The second kappa shape index (κ2) is 7.65. The van der Waals surface area contributed by atoms with Gasteiger partial charge in [0.05, 0.1) is 0 Å². The van der Waals surface area contributed by atoms with E-state index in [1.54, 1.807) is 13.8 Å². The van der Waals surface area contributed by atoms with Crippen LogP contribution in [0, 0.1) is 11.8 Å². The number of nitrogens with one attached hydrogen (secondary N) is 1. The number of carbonyl (C=O) groups is 3. The van der Waals surface area contributed by atoms with Crippen LogP contribution in [0.3, 0.4) is 0 Å². The van der Waals surface area contributed by atoms with Gasteiger partial charge in [-0.2, -0.15) is 0 Å². The van der Waals surface area contributed by atoms with Crippen LogP contribution in [0.4, 0.5) is 8.78 Å².